The first-order valence-electron chi connectivity index (χ1n) is 34.9. The summed E-state index contributed by atoms with van der Waals surface area (Å²) < 4.78 is 0. The van der Waals surface area contributed by atoms with E-state index in [9.17, 15) is 20.1 Å². The van der Waals surface area contributed by atoms with Crippen molar-refractivity contribution in [1.82, 2.24) is 10.6 Å². The van der Waals surface area contributed by atoms with Gasteiger partial charge < -0.3 is 26.0 Å². The Labute approximate surface area is 514 Å². The molecule has 5 saturated carbocycles. The van der Waals surface area contributed by atoms with Crippen LogP contribution in [0.5, 0.6) is 0 Å². The largest absolute Gasteiger partial charge is 0.481 e. The van der Waals surface area contributed by atoms with Crippen molar-refractivity contribution in [3.8, 4) is 0 Å². The minimum atomic E-state index is -0.727. The van der Waals surface area contributed by atoms with Crippen LogP contribution < -0.4 is 21.1 Å². The Hall–Kier alpha value is -5.17. The molecule has 86 heavy (non-hydrogen) atoms. The smallest absolute Gasteiger partial charge is 0.306 e. The Morgan fingerprint density at radius 1 is 0.814 bits per heavy atom. The molecule has 5 N–H and O–H groups in total. The molecule has 3 aromatic carbocycles. The van der Waals surface area contributed by atoms with Crippen molar-refractivity contribution in [2.24, 2.45) is 85.8 Å². The molecule has 0 radical (unpaired) electrons. The van der Waals surface area contributed by atoms with Crippen LogP contribution in [0.15, 0.2) is 143 Å². The fourth-order valence-corrected chi connectivity index (χ4v) is 24.2. The Kier molecular flexibility index (Phi) is 14.3. The molecule has 5 fully saturated rings. The molecule has 6 aliphatic heterocycles. The van der Waals surface area contributed by atoms with E-state index < -0.39 is 29.5 Å². The molecule has 454 valence electrons. The summed E-state index contributed by atoms with van der Waals surface area (Å²) in [6, 6.07) is 30.0. The lowest BCUT2D eigenvalue weighted by atomic mass is 9.26. The van der Waals surface area contributed by atoms with Crippen molar-refractivity contribution >= 4 is 23.2 Å². The van der Waals surface area contributed by atoms with Crippen LogP contribution in [0.3, 0.4) is 0 Å². The lowest BCUT2D eigenvalue weighted by Crippen LogP contribution is -2.71. The summed E-state index contributed by atoms with van der Waals surface area (Å²) in [4.78, 5) is 14.8. The van der Waals surface area contributed by atoms with Crippen molar-refractivity contribution in [2.75, 3.05) is 13.1 Å². The van der Waals surface area contributed by atoms with Crippen LogP contribution in [0.4, 0.5) is 0 Å². The molecule has 16 aliphatic rings. The van der Waals surface area contributed by atoms with Gasteiger partial charge in [0.05, 0.1) is 23.9 Å². The zero-order valence-corrected chi connectivity index (χ0v) is 52.6. The zero-order chi connectivity index (χ0) is 59.0. The molecule has 0 unspecified atom stereocenters. The Balaban J connectivity index is 0.962. The van der Waals surface area contributed by atoms with Gasteiger partial charge >= 0.3 is 5.97 Å². The summed E-state index contributed by atoms with van der Waals surface area (Å²) in [7, 11) is 0. The number of fused-ring (bicyclic) bond motifs is 1. The fourth-order valence-electron chi connectivity index (χ4n) is 24.2. The third kappa shape index (κ3) is 8.51. The van der Waals surface area contributed by atoms with Gasteiger partial charge in [-0.2, -0.15) is 0 Å². The minimum Gasteiger partial charge on any atom is -0.481 e. The molecule has 10 aliphatic carbocycles. The lowest BCUT2D eigenvalue weighted by Gasteiger charge is -2.77. The number of carboxylic acids is 1. The van der Waals surface area contributed by atoms with E-state index in [0.717, 1.165) is 109 Å². The van der Waals surface area contributed by atoms with Crippen LogP contribution in [0, 0.1) is 85.8 Å². The van der Waals surface area contributed by atoms with E-state index in [0.29, 0.717) is 42.9 Å². The van der Waals surface area contributed by atoms with Crippen LogP contribution >= 0.6 is 0 Å². The molecule has 0 amide bonds. The number of dihydropyridines is 1. The summed E-state index contributed by atoms with van der Waals surface area (Å²) in [5.41, 5.74) is 12.7. The molecule has 3 spiro atoms. The molecule has 6 heterocycles. The van der Waals surface area contributed by atoms with Gasteiger partial charge in [-0.15, -0.1) is 0 Å². The molecule has 6 nitrogen and oxygen atoms in total. The number of carboxylic acid groups (broad SMARTS) is 1. The predicted molar refractivity (Wildman–Crippen MR) is 348 cm³/mol. The molecule has 19 rings (SSSR count). The number of hydrogen-bond donors (Lipinski definition) is 5. The number of carbonyl (C=O) groups is 1. The maximum Gasteiger partial charge on any atom is 0.306 e. The second kappa shape index (κ2) is 21.5. The quantitative estimate of drug-likeness (QED) is 0.158. The predicted octanol–water partition coefficient (Wildman–Crippen LogP) is 15.3. The molecule has 15 bridgehead atoms. The average Bonchev–Trinajstić information content (AvgIpc) is 1.02. The number of rotatable bonds is 6. The first kappa shape index (κ1) is 57.3. The van der Waals surface area contributed by atoms with E-state index in [1.807, 2.05) is 0 Å². The molecule has 6 heteroatoms. The van der Waals surface area contributed by atoms with Gasteiger partial charge in [-0.1, -0.05) is 179 Å². The molecular weight excluding hydrogens is 1050 g/mol. The lowest BCUT2D eigenvalue weighted by molar-refractivity contribution is -0.200. The molecular formula is C80H100N2O4. The number of nitrogens with one attached hydrogen (secondary N) is 2. The van der Waals surface area contributed by atoms with Crippen LogP contribution in [0.25, 0.3) is 17.2 Å². The third-order valence-corrected chi connectivity index (χ3v) is 27.5. The fraction of sp³-hybridized carbons (Fsp3) is 0.588. The maximum atomic E-state index is 14.8. The van der Waals surface area contributed by atoms with Crippen molar-refractivity contribution < 1.29 is 20.1 Å². The van der Waals surface area contributed by atoms with Gasteiger partial charge in [-0.25, -0.2) is 0 Å². The molecule has 0 saturated heterocycles. The van der Waals surface area contributed by atoms with Crippen molar-refractivity contribution in [1.29, 1.82) is 0 Å². The Bertz CT molecular complexity index is 3490. The monoisotopic (exact) mass is 1150 g/mol. The number of allylic oxidation sites excluding steroid dienone is 9. The van der Waals surface area contributed by atoms with Gasteiger partial charge in [0.15, 0.2) is 0 Å². The van der Waals surface area contributed by atoms with Crippen LogP contribution in [0.2, 0.25) is 0 Å². The van der Waals surface area contributed by atoms with Gasteiger partial charge in [0.1, 0.15) is 0 Å². The van der Waals surface area contributed by atoms with Crippen LogP contribution in [-0.2, 0) is 17.6 Å². The van der Waals surface area contributed by atoms with Crippen LogP contribution in [0.1, 0.15) is 186 Å². The summed E-state index contributed by atoms with van der Waals surface area (Å²) in [5.74, 6) is 1.86. The number of hydrogen-bond acceptors (Lipinski definition) is 5. The Morgan fingerprint density at radius 2 is 1.60 bits per heavy atom. The Morgan fingerprint density at radius 3 is 2.38 bits per heavy atom. The van der Waals surface area contributed by atoms with E-state index in [2.05, 4.69) is 148 Å². The highest BCUT2D eigenvalue weighted by Crippen LogP contribution is 2.87. The van der Waals surface area contributed by atoms with Crippen LogP contribution in [-0.4, -0.2) is 46.6 Å². The first-order chi connectivity index (χ1) is 41.6. The summed E-state index contributed by atoms with van der Waals surface area (Å²) in [6.45, 7) is 16.6. The standard InChI is InChI=1S/C80H100N2O4/c1-50(2)40-60-31-34-75(4)70(84)33-38-79-66-44-57-21-12-13-23-62(57)64-43-54-18-14-22-56(42-54)58-26-28-71(82-49-58)81-39-15-24-61(55-19-10-7-11-20-55)51(3)25-27-63(73(85)86)72-69(83)48-80-68(47-78(60,74(75)79)46-65(64)66)67(79)45-59(76(72,80)5)32-37-77(80)35-29-53(30-36-77)41-52-16-8-6-9-17-52/h6,8-9,12-14,16-18,21-23,26,28,31,42,44,46,50,53,55,59,61,63,66,69-70,72,74,81-84H,3,7,10-11,15,19-20,24-25,27,29-30,32-41,43,45,47-49H2,1-2,4-5H3,(H,85,86)/t53?,59-,61+,63+,66-,69+,70-,72-,74+,75+,76+,77?,78+,79-,80+/m0/s1. The van der Waals surface area contributed by atoms with Gasteiger partial charge in [0.25, 0.3) is 0 Å². The highest BCUT2D eigenvalue weighted by Gasteiger charge is 2.81. The van der Waals surface area contributed by atoms with E-state index in [4.69, 9.17) is 6.58 Å². The molecule has 3 aromatic rings. The van der Waals surface area contributed by atoms with E-state index in [1.54, 1.807) is 16.7 Å². The van der Waals surface area contributed by atoms with Crippen molar-refractivity contribution in [3.05, 3.63) is 171 Å². The summed E-state index contributed by atoms with van der Waals surface area (Å²) in [6.07, 6.45) is 36.3. The summed E-state index contributed by atoms with van der Waals surface area (Å²) in [5, 5.41) is 49.2. The van der Waals surface area contributed by atoms with Gasteiger partial charge in [0.2, 0.25) is 0 Å². The second-order valence-corrected chi connectivity index (χ2v) is 31.6. The highest BCUT2D eigenvalue weighted by molar-refractivity contribution is 5.78. The maximum absolute atomic E-state index is 14.8. The summed E-state index contributed by atoms with van der Waals surface area (Å²) >= 11 is 0. The number of benzene rings is 3. The van der Waals surface area contributed by atoms with E-state index in [-0.39, 0.29) is 50.7 Å². The zero-order valence-electron chi connectivity index (χ0n) is 52.6. The van der Waals surface area contributed by atoms with Crippen molar-refractivity contribution in [3.63, 3.8) is 0 Å². The number of aliphatic hydroxyl groups excluding tert-OH is 2. The molecule has 0 aromatic heterocycles. The van der Waals surface area contributed by atoms with Gasteiger partial charge in [-0.3, -0.25) is 4.79 Å². The minimum absolute atomic E-state index is 0.0713. The molecule has 13 atom stereocenters. The number of aliphatic carboxylic acids is 1. The first-order valence-corrected chi connectivity index (χ1v) is 34.9. The van der Waals surface area contributed by atoms with Gasteiger partial charge in [-0.05, 0) is 231 Å². The highest BCUT2D eigenvalue weighted by atomic mass is 16.4. The number of aliphatic hydroxyl groups is 2. The van der Waals surface area contributed by atoms with E-state index in [1.165, 1.54) is 94.4 Å². The normalized spacial score (nSPS) is 40.0. The average molecular weight is 1150 g/mol. The second-order valence-electron chi connectivity index (χ2n) is 31.6. The van der Waals surface area contributed by atoms with Gasteiger partial charge in [0, 0.05) is 46.6 Å². The van der Waals surface area contributed by atoms with Crippen molar-refractivity contribution in [2.45, 2.75) is 194 Å². The third-order valence-electron chi connectivity index (χ3n) is 27.5. The topological polar surface area (TPSA) is 102 Å². The van der Waals surface area contributed by atoms with E-state index >= 15 is 0 Å². The SMILES string of the molecule is C=C1CC[C@@H](C(=O)O)[C@H]2[C@H](O)C[C@]34C5=C(C[C@H](CCC36CCC(Cc3ccccc3)CC6)[C@]24C)[C@]23CC[C@H](O)[C@@]4(C)CC=C(CC(C)C)[C@@](C=C6C(=c7ccccc7=C[C@@H]62)Cc2cccc(c2)C2=CC=C(NCCC[C@H]1C1CCCCC1)NC2)(C5)[C@@H]43.